The number of aromatic nitrogens is 3. The Hall–Kier alpha value is -3.01. The first kappa shape index (κ1) is 22.5. The summed E-state index contributed by atoms with van der Waals surface area (Å²) in [5, 5.41) is 20.3. The largest absolute Gasteiger partial charge is 0.481 e. The van der Waals surface area contributed by atoms with E-state index in [1.54, 1.807) is 6.07 Å². The van der Waals surface area contributed by atoms with Crippen LogP contribution in [0.4, 0.5) is 4.39 Å². The van der Waals surface area contributed by atoms with Gasteiger partial charge in [0, 0.05) is 36.2 Å². The van der Waals surface area contributed by atoms with Crippen molar-refractivity contribution in [1.29, 1.82) is 0 Å². The molecule has 186 valence electrons. The number of piperidine rings is 1. The highest BCUT2D eigenvalue weighted by molar-refractivity contribution is 5.94. The minimum absolute atomic E-state index is 0.0589. The van der Waals surface area contributed by atoms with Crippen LogP contribution < -0.4 is 10.1 Å². The fraction of sp³-hybridized carbons (Fsp3) is 0.600. The van der Waals surface area contributed by atoms with Gasteiger partial charge in [-0.3, -0.25) is 14.7 Å². The molecule has 1 spiro atoms. The summed E-state index contributed by atoms with van der Waals surface area (Å²) in [6.45, 7) is 1.12. The lowest BCUT2D eigenvalue weighted by molar-refractivity contribution is -0.127. The van der Waals surface area contributed by atoms with Crippen molar-refractivity contribution in [3.05, 3.63) is 29.8 Å². The van der Waals surface area contributed by atoms with Crippen molar-refractivity contribution in [2.45, 2.75) is 56.1 Å². The molecule has 5 aliphatic rings. The summed E-state index contributed by atoms with van der Waals surface area (Å²) in [4.78, 5) is 31.9. The average Bonchev–Trinajstić information content (AvgIpc) is 3.18. The number of aliphatic hydroxyl groups is 1. The van der Waals surface area contributed by atoms with Crippen LogP contribution >= 0.6 is 0 Å². The molecule has 35 heavy (non-hydrogen) atoms. The van der Waals surface area contributed by atoms with Gasteiger partial charge in [-0.1, -0.05) is 0 Å². The molecule has 10 heteroatoms. The van der Waals surface area contributed by atoms with Crippen LogP contribution in [0.2, 0.25) is 0 Å². The maximum Gasteiger partial charge on any atom is 0.274 e. The van der Waals surface area contributed by atoms with Crippen LogP contribution in [0.15, 0.2) is 18.3 Å². The molecule has 9 nitrogen and oxygen atoms in total. The van der Waals surface area contributed by atoms with Gasteiger partial charge in [0.05, 0.1) is 24.6 Å². The van der Waals surface area contributed by atoms with Gasteiger partial charge >= 0.3 is 0 Å². The second-order valence-electron chi connectivity index (χ2n) is 10.8. The molecule has 1 unspecified atom stereocenters. The molecule has 3 heterocycles. The summed E-state index contributed by atoms with van der Waals surface area (Å²) in [5.74, 6) is 0.376. The Morgan fingerprint density at radius 1 is 1.29 bits per heavy atom. The van der Waals surface area contributed by atoms with Crippen LogP contribution in [-0.2, 0) is 4.79 Å². The van der Waals surface area contributed by atoms with Gasteiger partial charge in [-0.2, -0.15) is 5.10 Å². The predicted molar refractivity (Wildman–Crippen MR) is 123 cm³/mol. The molecule has 2 atom stereocenters. The van der Waals surface area contributed by atoms with Gasteiger partial charge in [0.2, 0.25) is 11.8 Å². The molecule has 1 aliphatic heterocycles. The number of carbonyl (C=O) groups is 2. The zero-order valence-electron chi connectivity index (χ0n) is 19.7. The number of nitrogens with zero attached hydrogens (tertiary/aromatic N) is 3. The van der Waals surface area contributed by atoms with Gasteiger partial charge < -0.3 is 20.1 Å². The number of pyridine rings is 1. The van der Waals surface area contributed by atoms with E-state index in [0.29, 0.717) is 43.5 Å². The smallest absolute Gasteiger partial charge is 0.274 e. The molecule has 0 radical (unpaired) electrons. The van der Waals surface area contributed by atoms with E-state index in [4.69, 9.17) is 4.74 Å². The van der Waals surface area contributed by atoms with E-state index in [1.165, 1.54) is 13.2 Å². The SMILES string of the molecule is COc1cc(-c2cc(C(=O)N3CC[C@H](C(=O)NCC4CC5(O)CC4C5)CC34CC4)n[nH]2)c(F)cn1. The quantitative estimate of drug-likeness (QED) is 0.580. The van der Waals surface area contributed by atoms with Crippen molar-refractivity contribution in [2.75, 3.05) is 20.2 Å². The number of nitrogens with one attached hydrogen (secondary N) is 2. The Kier molecular flexibility index (Phi) is 5.14. The number of ether oxygens (including phenoxy) is 1. The van der Waals surface area contributed by atoms with Crippen LogP contribution in [0.5, 0.6) is 5.88 Å². The van der Waals surface area contributed by atoms with E-state index in [-0.39, 0.29) is 40.4 Å². The first-order valence-corrected chi connectivity index (χ1v) is 12.4. The number of fused-ring (bicyclic) bond motifs is 1. The molecule has 4 saturated carbocycles. The lowest BCUT2D eigenvalue weighted by Crippen LogP contribution is -2.51. The molecule has 5 fully saturated rings. The topological polar surface area (TPSA) is 120 Å². The normalized spacial score (nSPS) is 30.1. The van der Waals surface area contributed by atoms with E-state index in [9.17, 15) is 19.1 Å². The Bertz CT molecular complexity index is 1170. The van der Waals surface area contributed by atoms with E-state index >= 15 is 0 Å². The fourth-order valence-electron chi connectivity index (χ4n) is 6.48. The zero-order chi connectivity index (χ0) is 24.4. The standard InChI is InChI=1S/C25H30FN5O4/c1-35-21-6-17(18(26)13-27-21)19-7-20(30-29-19)23(33)31-5-2-14(8-24(31)3-4-24)22(32)28-12-16-11-25(34)9-15(16)10-25/h6-7,13-16,34H,2-5,8-12H2,1H3,(H,28,32)(H,29,30)/t14-,15?,16?,25?/m0/s1. The van der Waals surface area contributed by atoms with Gasteiger partial charge in [0.1, 0.15) is 0 Å². The Balaban J connectivity index is 1.10. The summed E-state index contributed by atoms with van der Waals surface area (Å²) in [6, 6.07) is 3.01. The Labute approximate surface area is 202 Å². The van der Waals surface area contributed by atoms with E-state index < -0.39 is 11.4 Å². The van der Waals surface area contributed by atoms with Gasteiger partial charge in [0.15, 0.2) is 11.5 Å². The Morgan fingerprint density at radius 2 is 2.09 bits per heavy atom. The first-order valence-electron chi connectivity index (χ1n) is 12.4. The van der Waals surface area contributed by atoms with Crippen molar-refractivity contribution in [3.63, 3.8) is 0 Å². The number of aromatic amines is 1. The molecule has 3 N–H and O–H groups in total. The van der Waals surface area contributed by atoms with Crippen molar-refractivity contribution in [2.24, 2.45) is 17.8 Å². The van der Waals surface area contributed by atoms with Crippen molar-refractivity contribution in [1.82, 2.24) is 25.4 Å². The molecule has 2 aromatic rings. The minimum atomic E-state index is -0.539. The molecule has 2 amide bonds. The van der Waals surface area contributed by atoms with Crippen LogP contribution in [0.1, 0.15) is 55.4 Å². The summed E-state index contributed by atoms with van der Waals surface area (Å²) >= 11 is 0. The summed E-state index contributed by atoms with van der Waals surface area (Å²) < 4.78 is 19.4. The van der Waals surface area contributed by atoms with Crippen molar-refractivity contribution >= 4 is 11.8 Å². The van der Waals surface area contributed by atoms with Crippen LogP contribution in [0.3, 0.4) is 0 Å². The van der Waals surface area contributed by atoms with Crippen LogP contribution in [-0.4, -0.2) is 68.3 Å². The summed E-state index contributed by atoms with van der Waals surface area (Å²) in [7, 11) is 1.45. The number of halogens is 1. The molecule has 2 aromatic heterocycles. The van der Waals surface area contributed by atoms with E-state index in [1.807, 2.05) is 4.90 Å². The molecular formula is C25H30FN5O4. The summed E-state index contributed by atoms with van der Waals surface area (Å²) in [5.41, 5.74) is 0.0473. The maximum atomic E-state index is 14.3. The molecule has 7 rings (SSSR count). The molecule has 1 saturated heterocycles. The maximum absolute atomic E-state index is 14.3. The highest BCUT2D eigenvalue weighted by Crippen LogP contribution is 2.55. The van der Waals surface area contributed by atoms with Crippen molar-refractivity contribution in [3.8, 4) is 17.1 Å². The molecular weight excluding hydrogens is 453 g/mol. The van der Waals surface area contributed by atoms with E-state index in [2.05, 4.69) is 20.5 Å². The number of hydrogen-bond donors (Lipinski definition) is 3. The monoisotopic (exact) mass is 483 g/mol. The predicted octanol–water partition coefficient (Wildman–Crippen LogP) is 2.28. The third-order valence-electron chi connectivity index (χ3n) is 8.60. The summed E-state index contributed by atoms with van der Waals surface area (Å²) in [6.07, 6.45) is 6.59. The first-order chi connectivity index (χ1) is 16.8. The van der Waals surface area contributed by atoms with Crippen LogP contribution in [0.25, 0.3) is 11.3 Å². The van der Waals surface area contributed by atoms with Crippen molar-refractivity contribution < 1.29 is 23.8 Å². The number of hydrogen-bond acceptors (Lipinski definition) is 6. The number of amides is 2. The lowest BCUT2D eigenvalue weighted by Gasteiger charge is -2.39. The molecule has 0 aromatic carbocycles. The van der Waals surface area contributed by atoms with Gasteiger partial charge in [-0.25, -0.2) is 9.37 Å². The zero-order valence-corrected chi connectivity index (χ0v) is 19.7. The second-order valence-corrected chi connectivity index (χ2v) is 10.8. The number of methoxy groups -OCH3 is 1. The van der Waals surface area contributed by atoms with Crippen LogP contribution in [0, 0.1) is 23.6 Å². The molecule has 4 aliphatic carbocycles. The highest BCUT2D eigenvalue weighted by atomic mass is 19.1. The number of carbonyl (C=O) groups excluding carboxylic acids is 2. The lowest BCUT2D eigenvalue weighted by atomic mass is 9.79. The fourth-order valence-corrected chi connectivity index (χ4v) is 6.48. The molecule has 2 bridgehead atoms. The van der Waals surface area contributed by atoms with E-state index in [0.717, 1.165) is 38.3 Å². The average molecular weight is 484 g/mol. The number of likely N-dealkylation sites (tertiary alicyclic amines) is 1. The third kappa shape index (κ3) is 3.87. The minimum Gasteiger partial charge on any atom is -0.481 e. The Morgan fingerprint density at radius 3 is 2.77 bits per heavy atom. The van der Waals surface area contributed by atoms with Gasteiger partial charge in [-0.15, -0.1) is 0 Å². The highest BCUT2D eigenvalue weighted by Gasteiger charge is 2.56. The number of H-pyrrole nitrogens is 1. The van der Waals surface area contributed by atoms with Gasteiger partial charge in [-0.05, 0) is 62.8 Å². The van der Waals surface area contributed by atoms with Gasteiger partial charge in [0.25, 0.3) is 5.91 Å². The second kappa shape index (κ2) is 8.01. The number of rotatable bonds is 6. The third-order valence-corrected chi connectivity index (χ3v) is 8.60.